The molecule has 0 aromatic heterocycles. The molecule has 0 saturated heterocycles. The topological polar surface area (TPSA) is 91.3 Å². The zero-order valence-corrected chi connectivity index (χ0v) is 26.8. The molecule has 1 saturated carbocycles. The number of fused-ring (bicyclic) bond motifs is 1. The average Bonchev–Trinajstić information content (AvgIpc) is 2.97. The molecule has 0 bridgehead atoms. The fraction of sp³-hybridized carbons (Fsp3) is 0.758. The van der Waals surface area contributed by atoms with Gasteiger partial charge in [0.05, 0.1) is 36.8 Å². The van der Waals surface area contributed by atoms with Gasteiger partial charge in [0, 0.05) is 44.3 Å². The Morgan fingerprint density at radius 1 is 1.11 bits per heavy atom. The molecule has 4 atom stereocenters. The third-order valence-corrected chi connectivity index (χ3v) is 8.76. The summed E-state index contributed by atoms with van der Waals surface area (Å²) in [5.41, 5.74) is 0.388. The Hall–Kier alpha value is -2.37. The van der Waals surface area contributed by atoms with E-state index in [1.165, 1.54) is 44.2 Å². The molecule has 0 spiro atoms. The number of amides is 2. The van der Waals surface area contributed by atoms with Crippen molar-refractivity contribution >= 4 is 17.5 Å². The second-order valence-corrected chi connectivity index (χ2v) is 12.9. The third kappa shape index (κ3) is 11.9. The number of nitrogens with zero attached hydrogens (tertiary/aromatic N) is 2. The summed E-state index contributed by atoms with van der Waals surface area (Å²) in [7, 11) is 2.13. The lowest BCUT2D eigenvalue weighted by atomic mass is 9.89. The Labute approximate surface area is 260 Å². The van der Waals surface area contributed by atoms with Crippen LogP contribution in [0.1, 0.15) is 95.3 Å². The molecule has 44 heavy (non-hydrogen) atoms. The molecule has 11 heteroatoms. The van der Waals surface area contributed by atoms with Gasteiger partial charge in [0.2, 0.25) is 5.91 Å². The Balaban J connectivity index is 1.86. The van der Waals surface area contributed by atoms with Gasteiger partial charge in [0.15, 0.2) is 0 Å². The van der Waals surface area contributed by atoms with Gasteiger partial charge in [-0.05, 0) is 77.1 Å². The number of aliphatic hydroxyl groups is 1. The van der Waals surface area contributed by atoms with Crippen molar-refractivity contribution in [2.24, 2.45) is 11.8 Å². The predicted molar refractivity (Wildman–Crippen MR) is 165 cm³/mol. The normalized spacial score (nSPS) is 23.9. The Kier molecular flexibility index (Phi) is 14.2. The van der Waals surface area contributed by atoms with Crippen LogP contribution in [0.25, 0.3) is 0 Å². The molecule has 1 fully saturated rings. The first kappa shape index (κ1) is 36.1. The number of hydrogen-bond acceptors (Lipinski definition) is 6. The molecule has 1 aliphatic carbocycles. The average molecular weight is 628 g/mol. The highest BCUT2D eigenvalue weighted by Crippen LogP contribution is 2.30. The monoisotopic (exact) mass is 627 g/mol. The van der Waals surface area contributed by atoms with Gasteiger partial charge >= 0.3 is 6.18 Å². The number of halogens is 3. The summed E-state index contributed by atoms with van der Waals surface area (Å²) in [6.45, 7) is 8.17. The molecule has 1 aliphatic heterocycles. The van der Waals surface area contributed by atoms with E-state index in [-0.39, 0.29) is 36.0 Å². The van der Waals surface area contributed by atoms with E-state index in [0.29, 0.717) is 24.8 Å². The molecule has 1 aromatic rings. The summed E-state index contributed by atoms with van der Waals surface area (Å²) in [5.74, 6) is -0.222. The summed E-state index contributed by atoms with van der Waals surface area (Å²) in [6, 6.07) is 4.04. The van der Waals surface area contributed by atoms with Crippen molar-refractivity contribution < 1.29 is 37.3 Å². The lowest BCUT2D eigenvalue weighted by Gasteiger charge is -2.36. The number of nitrogens with one attached hydrogen (secondary N) is 1. The van der Waals surface area contributed by atoms with E-state index in [0.717, 1.165) is 32.4 Å². The van der Waals surface area contributed by atoms with Crippen LogP contribution < -0.4 is 10.1 Å². The Morgan fingerprint density at radius 2 is 1.82 bits per heavy atom. The number of alkyl halides is 3. The number of aliphatic hydroxyl groups excluding tert-OH is 1. The third-order valence-electron chi connectivity index (χ3n) is 8.76. The molecular weight excluding hydrogens is 575 g/mol. The first-order valence-corrected chi connectivity index (χ1v) is 16.3. The van der Waals surface area contributed by atoms with Crippen LogP contribution in [0.5, 0.6) is 5.75 Å². The van der Waals surface area contributed by atoms with E-state index in [9.17, 15) is 27.9 Å². The molecule has 3 rings (SSSR count). The number of carbonyl (C=O) groups excluding carboxylic acids is 2. The highest BCUT2D eigenvalue weighted by atomic mass is 19.4. The number of anilines is 1. The van der Waals surface area contributed by atoms with Crippen LogP contribution in [0.15, 0.2) is 18.2 Å². The zero-order chi connectivity index (χ0) is 32.3. The number of hydrogen-bond donors (Lipinski definition) is 2. The highest BCUT2D eigenvalue weighted by Gasteiger charge is 2.31. The molecule has 8 nitrogen and oxygen atoms in total. The van der Waals surface area contributed by atoms with Crippen molar-refractivity contribution in [2.45, 2.75) is 109 Å². The smallest absolute Gasteiger partial charge is 0.389 e. The maximum absolute atomic E-state index is 14.2. The van der Waals surface area contributed by atoms with Gasteiger partial charge in [-0.1, -0.05) is 26.2 Å². The van der Waals surface area contributed by atoms with Gasteiger partial charge in [-0.2, -0.15) is 13.2 Å². The van der Waals surface area contributed by atoms with Crippen LogP contribution >= 0.6 is 0 Å². The van der Waals surface area contributed by atoms with Crippen LogP contribution in [0, 0.1) is 11.8 Å². The van der Waals surface area contributed by atoms with Crippen LogP contribution in [0.4, 0.5) is 18.9 Å². The number of carbonyl (C=O) groups is 2. The highest BCUT2D eigenvalue weighted by molar-refractivity contribution is 5.99. The Morgan fingerprint density at radius 3 is 2.50 bits per heavy atom. The van der Waals surface area contributed by atoms with Gasteiger partial charge in [-0.3, -0.25) is 9.59 Å². The SMILES string of the molecule is C[C@@H]1CCCCO[C@@H](CN(C)CC2CCCCC2)[C@H](C)CN([C@@H](C)CO)C(=O)c2cc(NC(=O)CCC(F)(F)F)ccc2O1. The minimum atomic E-state index is -4.45. The summed E-state index contributed by atoms with van der Waals surface area (Å²) >= 11 is 0. The van der Waals surface area contributed by atoms with E-state index in [1.807, 2.05) is 6.92 Å². The number of likely N-dealkylation sites (N-methyl/N-ethyl adjacent to an activating group) is 1. The van der Waals surface area contributed by atoms with Crippen molar-refractivity contribution in [3.63, 3.8) is 0 Å². The molecule has 2 N–H and O–H groups in total. The minimum absolute atomic E-state index is 0.0572. The molecule has 2 aliphatic rings. The van der Waals surface area contributed by atoms with E-state index in [4.69, 9.17) is 9.47 Å². The maximum atomic E-state index is 14.2. The van der Waals surface area contributed by atoms with Crippen molar-refractivity contribution in [1.82, 2.24) is 9.80 Å². The lowest BCUT2D eigenvalue weighted by molar-refractivity contribution is -0.142. The number of benzene rings is 1. The van der Waals surface area contributed by atoms with Gasteiger partial charge in [-0.15, -0.1) is 0 Å². The molecule has 250 valence electrons. The van der Waals surface area contributed by atoms with Crippen LogP contribution in [0.3, 0.4) is 0 Å². The van der Waals surface area contributed by atoms with Crippen molar-refractivity contribution in [3.8, 4) is 5.75 Å². The van der Waals surface area contributed by atoms with Crippen LogP contribution in [-0.2, 0) is 9.53 Å². The van der Waals surface area contributed by atoms with Crippen molar-refractivity contribution in [2.75, 3.05) is 45.2 Å². The molecule has 1 heterocycles. The Bertz CT molecular complexity index is 1050. The van der Waals surface area contributed by atoms with Gasteiger partial charge < -0.3 is 29.7 Å². The standard InChI is InChI=1S/C33H52F3N3O5/c1-23-19-39(24(2)22-40)32(42)28-18-27(37-31(41)15-16-33(34,35)36)13-14-29(28)44-25(3)10-8-9-17-43-30(23)21-38(4)20-26-11-6-5-7-12-26/h13-14,18,23-26,30,40H,5-12,15-17,19-22H2,1-4H3,(H,37,41)/t23-,24+,25-,30+/m1/s1. The van der Waals surface area contributed by atoms with Crippen molar-refractivity contribution in [1.29, 1.82) is 0 Å². The fourth-order valence-corrected chi connectivity index (χ4v) is 6.13. The zero-order valence-electron chi connectivity index (χ0n) is 26.8. The molecule has 0 unspecified atom stereocenters. The van der Waals surface area contributed by atoms with Crippen LogP contribution in [0.2, 0.25) is 0 Å². The predicted octanol–water partition coefficient (Wildman–Crippen LogP) is 6.28. The molecule has 2 amide bonds. The fourth-order valence-electron chi connectivity index (χ4n) is 6.13. The van der Waals surface area contributed by atoms with E-state index in [1.54, 1.807) is 17.9 Å². The number of ether oxygens (including phenoxy) is 2. The first-order chi connectivity index (χ1) is 20.9. The van der Waals surface area contributed by atoms with E-state index < -0.39 is 36.9 Å². The molecular formula is C33H52F3N3O5. The largest absolute Gasteiger partial charge is 0.490 e. The summed E-state index contributed by atoms with van der Waals surface area (Å²) in [6.07, 6.45) is 2.15. The van der Waals surface area contributed by atoms with Gasteiger partial charge in [0.1, 0.15) is 5.75 Å². The number of rotatable bonds is 9. The second-order valence-electron chi connectivity index (χ2n) is 12.9. The summed E-state index contributed by atoms with van der Waals surface area (Å²) < 4.78 is 50.6. The van der Waals surface area contributed by atoms with Crippen molar-refractivity contribution in [3.05, 3.63) is 23.8 Å². The summed E-state index contributed by atoms with van der Waals surface area (Å²) in [4.78, 5) is 30.4. The van der Waals surface area contributed by atoms with E-state index in [2.05, 4.69) is 24.2 Å². The van der Waals surface area contributed by atoms with Gasteiger partial charge in [-0.25, -0.2) is 0 Å². The lowest BCUT2D eigenvalue weighted by Crippen LogP contribution is -2.47. The molecule has 1 aromatic carbocycles. The molecule has 0 radical (unpaired) electrons. The maximum Gasteiger partial charge on any atom is 0.389 e. The first-order valence-electron chi connectivity index (χ1n) is 16.3. The second kappa shape index (κ2) is 17.4. The quantitative estimate of drug-likeness (QED) is 0.335. The minimum Gasteiger partial charge on any atom is -0.490 e. The van der Waals surface area contributed by atoms with E-state index >= 15 is 0 Å². The van der Waals surface area contributed by atoms with Crippen LogP contribution in [-0.4, -0.2) is 91.0 Å². The van der Waals surface area contributed by atoms with Gasteiger partial charge in [0.25, 0.3) is 5.91 Å². The summed E-state index contributed by atoms with van der Waals surface area (Å²) in [5, 5.41) is 12.6.